The summed E-state index contributed by atoms with van der Waals surface area (Å²) in [4.78, 5) is 16.5. The summed E-state index contributed by atoms with van der Waals surface area (Å²) in [6.45, 7) is 0.416. The number of benzene rings is 2. The number of urea groups is 1. The number of anilines is 1. The van der Waals surface area contributed by atoms with Crippen LogP contribution in [0.1, 0.15) is 31.2 Å². The molecule has 8 heteroatoms. The Balaban J connectivity index is 1.52. The normalized spacial score (nSPS) is 26.4. The molecule has 2 amide bonds. The van der Waals surface area contributed by atoms with Gasteiger partial charge in [0, 0.05) is 17.3 Å². The van der Waals surface area contributed by atoms with Crippen LogP contribution in [-0.4, -0.2) is 43.5 Å². The molecule has 31 heavy (non-hydrogen) atoms. The van der Waals surface area contributed by atoms with Crippen molar-refractivity contribution in [1.82, 2.24) is 10.2 Å². The molecule has 0 bridgehead atoms. The second kappa shape index (κ2) is 7.75. The Morgan fingerprint density at radius 3 is 2.29 bits per heavy atom. The highest BCUT2D eigenvalue weighted by atomic mass is 19.4. The summed E-state index contributed by atoms with van der Waals surface area (Å²) in [7, 11) is 4.16. The van der Waals surface area contributed by atoms with E-state index in [1.807, 2.05) is 18.2 Å². The van der Waals surface area contributed by atoms with Crippen LogP contribution in [0.3, 0.4) is 0 Å². The first kappa shape index (κ1) is 21.5. The third-order valence-electron chi connectivity index (χ3n) is 6.64. The Morgan fingerprint density at radius 1 is 1.00 bits per heavy atom. The van der Waals surface area contributed by atoms with Crippen molar-refractivity contribution in [1.29, 1.82) is 0 Å². The summed E-state index contributed by atoms with van der Waals surface area (Å²) in [5.41, 5.74) is 1.15. The second-order valence-electron chi connectivity index (χ2n) is 8.63. The zero-order chi connectivity index (χ0) is 22.3. The second-order valence-corrected chi connectivity index (χ2v) is 8.63. The largest absolute Gasteiger partial charge is 0.573 e. The van der Waals surface area contributed by atoms with E-state index in [2.05, 4.69) is 41.2 Å². The number of rotatable bonds is 4. The van der Waals surface area contributed by atoms with Crippen LogP contribution in [0.2, 0.25) is 0 Å². The van der Waals surface area contributed by atoms with E-state index in [0.29, 0.717) is 12.2 Å². The highest BCUT2D eigenvalue weighted by molar-refractivity contribution is 5.95. The minimum Gasteiger partial charge on any atom is -0.406 e. The lowest BCUT2D eigenvalue weighted by Crippen LogP contribution is -2.54. The van der Waals surface area contributed by atoms with E-state index >= 15 is 0 Å². The van der Waals surface area contributed by atoms with Crippen LogP contribution in [0, 0.1) is 0 Å². The molecule has 166 valence electrons. The lowest BCUT2D eigenvalue weighted by molar-refractivity contribution is -0.274. The summed E-state index contributed by atoms with van der Waals surface area (Å²) >= 11 is 0. The first-order valence-corrected chi connectivity index (χ1v) is 10.3. The number of hydrogen-bond acceptors (Lipinski definition) is 3. The standard InChI is InChI=1S/C23H26F3N3O2/c1-28(2)22(17-7-4-3-5-8-17)13-11-21(12-14-22)16-29(20(30)27-21)18-9-6-10-19(15-18)31-23(24,25)26/h3-10,15H,11-14,16H2,1-2H3,(H,27,30)/t21-,22+. The molecule has 1 saturated carbocycles. The molecule has 2 fully saturated rings. The van der Waals surface area contributed by atoms with Gasteiger partial charge >= 0.3 is 12.4 Å². The van der Waals surface area contributed by atoms with Crippen LogP contribution in [0.15, 0.2) is 54.6 Å². The van der Waals surface area contributed by atoms with Gasteiger partial charge in [0.25, 0.3) is 0 Å². The van der Waals surface area contributed by atoms with Crippen LogP contribution in [0.25, 0.3) is 0 Å². The molecule has 0 unspecified atom stereocenters. The van der Waals surface area contributed by atoms with Gasteiger partial charge in [-0.3, -0.25) is 9.80 Å². The van der Waals surface area contributed by atoms with Gasteiger partial charge in [-0.15, -0.1) is 13.2 Å². The Labute approximate surface area is 179 Å². The van der Waals surface area contributed by atoms with Crippen molar-refractivity contribution < 1.29 is 22.7 Å². The van der Waals surface area contributed by atoms with Gasteiger partial charge in [0.2, 0.25) is 0 Å². The third kappa shape index (κ3) is 4.21. The first-order chi connectivity index (χ1) is 14.6. The summed E-state index contributed by atoms with van der Waals surface area (Å²) in [5, 5.41) is 3.12. The maximum Gasteiger partial charge on any atom is 0.573 e. The van der Waals surface area contributed by atoms with Crippen molar-refractivity contribution in [2.75, 3.05) is 25.5 Å². The van der Waals surface area contributed by atoms with Crippen LogP contribution >= 0.6 is 0 Å². The average molecular weight is 433 g/mol. The molecule has 0 radical (unpaired) electrons. The van der Waals surface area contributed by atoms with E-state index in [1.165, 1.54) is 28.7 Å². The van der Waals surface area contributed by atoms with Crippen molar-refractivity contribution >= 4 is 11.7 Å². The molecule has 1 aliphatic heterocycles. The Kier molecular flexibility index (Phi) is 5.37. The summed E-state index contributed by atoms with van der Waals surface area (Å²) in [6.07, 6.45) is -1.48. The fourth-order valence-corrected chi connectivity index (χ4v) is 4.93. The van der Waals surface area contributed by atoms with Crippen LogP contribution in [-0.2, 0) is 5.54 Å². The SMILES string of the molecule is CN(C)[C@]1(c2ccccc2)CC[C@]2(CC1)CN(c1cccc(OC(F)(F)F)c1)C(=O)N2. The quantitative estimate of drug-likeness (QED) is 0.747. The Morgan fingerprint density at radius 2 is 1.68 bits per heavy atom. The maximum atomic E-state index is 12.8. The van der Waals surface area contributed by atoms with E-state index in [0.717, 1.165) is 25.7 Å². The maximum absolute atomic E-state index is 12.8. The fraction of sp³-hybridized carbons (Fsp3) is 0.435. The predicted molar refractivity (Wildman–Crippen MR) is 112 cm³/mol. The third-order valence-corrected chi connectivity index (χ3v) is 6.64. The molecule has 2 aromatic rings. The van der Waals surface area contributed by atoms with Gasteiger partial charge < -0.3 is 10.1 Å². The minimum absolute atomic E-state index is 0.106. The molecule has 4 rings (SSSR count). The number of nitrogens with zero attached hydrogens (tertiary/aromatic N) is 2. The fourth-order valence-electron chi connectivity index (χ4n) is 4.93. The van der Waals surface area contributed by atoms with Crippen molar-refractivity contribution in [3.8, 4) is 5.75 Å². The van der Waals surface area contributed by atoms with Gasteiger partial charge in [-0.2, -0.15) is 0 Å². The molecule has 0 aromatic heterocycles. The lowest BCUT2D eigenvalue weighted by atomic mass is 9.69. The molecule has 2 aliphatic rings. The van der Waals surface area contributed by atoms with Crippen LogP contribution < -0.4 is 15.0 Å². The van der Waals surface area contributed by atoms with Gasteiger partial charge in [-0.25, -0.2) is 4.79 Å². The van der Waals surface area contributed by atoms with E-state index in [9.17, 15) is 18.0 Å². The molecule has 1 N–H and O–H groups in total. The molecule has 1 heterocycles. The van der Waals surface area contributed by atoms with Crippen molar-refractivity contribution in [3.05, 3.63) is 60.2 Å². The molecule has 1 spiro atoms. The van der Waals surface area contributed by atoms with Gasteiger partial charge in [-0.05, 0) is 57.5 Å². The number of amides is 2. The highest BCUT2D eigenvalue weighted by Gasteiger charge is 2.50. The van der Waals surface area contributed by atoms with E-state index in [1.54, 1.807) is 6.07 Å². The number of ether oxygens (including phenoxy) is 1. The zero-order valence-corrected chi connectivity index (χ0v) is 17.6. The minimum atomic E-state index is -4.77. The smallest absolute Gasteiger partial charge is 0.406 e. The topological polar surface area (TPSA) is 44.8 Å². The molecule has 0 atom stereocenters. The van der Waals surface area contributed by atoms with E-state index in [-0.39, 0.29) is 17.3 Å². The van der Waals surface area contributed by atoms with Crippen LogP contribution in [0.4, 0.5) is 23.7 Å². The molecular weight excluding hydrogens is 407 g/mol. The number of halogens is 3. The Bertz CT molecular complexity index is 939. The van der Waals surface area contributed by atoms with Crippen molar-refractivity contribution in [2.45, 2.75) is 43.1 Å². The molecular formula is C23H26F3N3O2. The van der Waals surface area contributed by atoms with Gasteiger partial charge in [-0.1, -0.05) is 36.4 Å². The summed E-state index contributed by atoms with van der Waals surface area (Å²) < 4.78 is 41.7. The number of alkyl halides is 3. The van der Waals surface area contributed by atoms with Gasteiger partial charge in [0.1, 0.15) is 5.75 Å². The molecule has 2 aromatic carbocycles. The highest BCUT2D eigenvalue weighted by Crippen LogP contribution is 2.46. The van der Waals surface area contributed by atoms with Gasteiger partial charge in [0.05, 0.1) is 12.1 Å². The van der Waals surface area contributed by atoms with Gasteiger partial charge in [0.15, 0.2) is 0 Å². The molecule has 1 aliphatic carbocycles. The lowest BCUT2D eigenvalue weighted by Gasteiger charge is -2.48. The zero-order valence-electron chi connectivity index (χ0n) is 17.6. The number of hydrogen-bond donors (Lipinski definition) is 1. The monoisotopic (exact) mass is 433 g/mol. The van der Waals surface area contributed by atoms with Crippen molar-refractivity contribution in [3.63, 3.8) is 0 Å². The first-order valence-electron chi connectivity index (χ1n) is 10.3. The number of carbonyl (C=O) groups excluding carboxylic acids is 1. The number of nitrogens with one attached hydrogen (secondary N) is 1. The van der Waals surface area contributed by atoms with E-state index in [4.69, 9.17) is 0 Å². The van der Waals surface area contributed by atoms with E-state index < -0.39 is 11.9 Å². The van der Waals surface area contributed by atoms with Crippen LogP contribution in [0.5, 0.6) is 5.75 Å². The molecule has 1 saturated heterocycles. The van der Waals surface area contributed by atoms with Crippen molar-refractivity contribution in [2.24, 2.45) is 0 Å². The summed E-state index contributed by atoms with van der Waals surface area (Å²) in [5.74, 6) is -0.335. The molecule has 5 nitrogen and oxygen atoms in total. The number of carbonyl (C=O) groups is 1. The Hall–Kier alpha value is -2.74. The average Bonchev–Trinajstić information content (AvgIpc) is 3.04. The summed E-state index contributed by atoms with van der Waals surface area (Å²) in [6, 6.07) is 15.6. The predicted octanol–water partition coefficient (Wildman–Crippen LogP) is 4.88.